The van der Waals surface area contributed by atoms with Gasteiger partial charge in [0.25, 0.3) is 5.56 Å². The summed E-state index contributed by atoms with van der Waals surface area (Å²) in [6.45, 7) is 3.78. The molecule has 0 radical (unpaired) electrons. The third-order valence-electron chi connectivity index (χ3n) is 5.40. The van der Waals surface area contributed by atoms with Gasteiger partial charge in [0.1, 0.15) is 16.1 Å². The Kier molecular flexibility index (Phi) is 5.02. The van der Waals surface area contributed by atoms with E-state index in [4.69, 9.17) is 4.74 Å². The van der Waals surface area contributed by atoms with Gasteiger partial charge in [0.05, 0.1) is 29.4 Å². The summed E-state index contributed by atoms with van der Waals surface area (Å²) in [6.07, 6.45) is -1.18. The zero-order valence-electron chi connectivity index (χ0n) is 16.0. The van der Waals surface area contributed by atoms with Gasteiger partial charge in [0, 0.05) is 13.1 Å². The number of hydrogen-bond acceptors (Lipinski definition) is 5. The van der Waals surface area contributed by atoms with Crippen LogP contribution in [0.5, 0.6) is 5.75 Å². The monoisotopic (exact) mass is 423 g/mol. The zero-order chi connectivity index (χ0) is 20.8. The van der Waals surface area contributed by atoms with Gasteiger partial charge in [-0.1, -0.05) is 13.3 Å². The maximum absolute atomic E-state index is 13.5. The average Bonchev–Trinajstić information content (AvgIpc) is 3.32. The number of fused-ring (bicyclic) bond motifs is 1. The number of hydrogen-bond donors (Lipinski definition) is 1. The zero-order valence-corrected chi connectivity index (χ0v) is 16.8. The van der Waals surface area contributed by atoms with Gasteiger partial charge in [-0.05, 0) is 36.1 Å². The molecule has 1 N–H and O–H groups in total. The van der Waals surface area contributed by atoms with Gasteiger partial charge in [-0.2, -0.15) is 13.2 Å². The van der Waals surface area contributed by atoms with Crippen molar-refractivity contribution in [3.8, 4) is 16.2 Å². The van der Waals surface area contributed by atoms with E-state index in [1.54, 1.807) is 6.07 Å². The molecule has 5 nitrogen and oxygen atoms in total. The maximum Gasteiger partial charge on any atom is 0.419 e. The molecule has 2 aromatic heterocycles. The second kappa shape index (κ2) is 7.37. The lowest BCUT2D eigenvalue weighted by Gasteiger charge is -2.16. The first-order chi connectivity index (χ1) is 13.8. The lowest BCUT2D eigenvalue weighted by atomic mass is 10.1. The van der Waals surface area contributed by atoms with Crippen LogP contribution in [0.4, 0.5) is 18.2 Å². The van der Waals surface area contributed by atoms with Crippen LogP contribution >= 0.6 is 11.3 Å². The standard InChI is InChI=1S/C20H20F3N3O2S/c1-3-11-6-7-26(9-11)19-15-16(24-10-25-18(15)27)17(29-19)12-4-5-14(28-2)13(8-12)20(21,22)23/h4-5,8,10-11H,3,6-7,9H2,1-2H3,(H,24,25,27)/t11-/m0/s1. The molecule has 0 spiro atoms. The minimum absolute atomic E-state index is 0.238. The fourth-order valence-electron chi connectivity index (χ4n) is 3.81. The van der Waals surface area contributed by atoms with Gasteiger partial charge in [-0.25, -0.2) is 4.98 Å². The molecule has 0 amide bonds. The molecular weight excluding hydrogens is 403 g/mol. The highest BCUT2D eigenvalue weighted by Gasteiger charge is 2.35. The van der Waals surface area contributed by atoms with Crippen LogP contribution in [0.2, 0.25) is 0 Å². The number of benzene rings is 1. The van der Waals surface area contributed by atoms with Crippen molar-refractivity contribution < 1.29 is 17.9 Å². The van der Waals surface area contributed by atoms with Crippen molar-refractivity contribution in [2.75, 3.05) is 25.1 Å². The second-order valence-corrected chi connectivity index (χ2v) is 8.11. The molecule has 1 aliphatic heterocycles. The highest BCUT2D eigenvalue weighted by atomic mass is 32.1. The number of anilines is 1. The summed E-state index contributed by atoms with van der Waals surface area (Å²) in [5, 5.41) is 1.21. The molecule has 4 rings (SSSR count). The van der Waals surface area contributed by atoms with Crippen LogP contribution in [0.3, 0.4) is 0 Å². The summed E-state index contributed by atoms with van der Waals surface area (Å²) < 4.78 is 45.3. The van der Waals surface area contributed by atoms with E-state index in [0.717, 1.165) is 37.0 Å². The predicted octanol–water partition coefficient (Wildman–Crippen LogP) is 4.92. The fourth-order valence-corrected chi connectivity index (χ4v) is 5.08. The van der Waals surface area contributed by atoms with Gasteiger partial charge in [0.2, 0.25) is 0 Å². The minimum atomic E-state index is -4.55. The molecule has 154 valence electrons. The van der Waals surface area contributed by atoms with Crippen LogP contribution in [-0.2, 0) is 6.18 Å². The SMILES string of the molecule is CC[C@H]1CCN(c2sc(-c3ccc(OC)c(C(F)(F)F)c3)c3nc[nH]c(=O)c23)C1. The van der Waals surface area contributed by atoms with Crippen molar-refractivity contribution >= 4 is 27.2 Å². The number of alkyl halides is 3. The Hall–Kier alpha value is -2.55. The van der Waals surface area contributed by atoms with Crippen LogP contribution in [0.1, 0.15) is 25.3 Å². The molecule has 0 aliphatic carbocycles. The molecule has 1 aromatic carbocycles. The summed E-state index contributed by atoms with van der Waals surface area (Å²) in [7, 11) is 1.21. The Labute approximate surface area is 169 Å². The summed E-state index contributed by atoms with van der Waals surface area (Å²) >= 11 is 1.32. The van der Waals surface area contributed by atoms with Gasteiger partial charge >= 0.3 is 6.18 Å². The number of nitrogens with one attached hydrogen (secondary N) is 1. The fraction of sp³-hybridized carbons (Fsp3) is 0.400. The Morgan fingerprint density at radius 3 is 2.83 bits per heavy atom. The molecule has 0 unspecified atom stereocenters. The van der Waals surface area contributed by atoms with Crippen molar-refractivity contribution in [2.45, 2.75) is 25.9 Å². The van der Waals surface area contributed by atoms with E-state index in [9.17, 15) is 18.0 Å². The number of thiophene rings is 1. The van der Waals surface area contributed by atoms with Crippen molar-refractivity contribution in [2.24, 2.45) is 5.92 Å². The number of nitrogens with zero attached hydrogens (tertiary/aromatic N) is 2. The first-order valence-corrected chi connectivity index (χ1v) is 10.2. The molecule has 3 aromatic rings. The molecule has 0 bridgehead atoms. The number of aromatic amines is 1. The number of aromatic nitrogens is 2. The van der Waals surface area contributed by atoms with Crippen LogP contribution in [0.25, 0.3) is 21.3 Å². The lowest BCUT2D eigenvalue weighted by Crippen LogP contribution is -2.20. The molecule has 3 heterocycles. The molecule has 29 heavy (non-hydrogen) atoms. The van der Waals surface area contributed by atoms with Crippen molar-refractivity contribution in [3.63, 3.8) is 0 Å². The molecular formula is C20H20F3N3O2S. The highest BCUT2D eigenvalue weighted by Crippen LogP contribution is 2.45. The Morgan fingerprint density at radius 1 is 1.38 bits per heavy atom. The predicted molar refractivity (Wildman–Crippen MR) is 108 cm³/mol. The lowest BCUT2D eigenvalue weighted by molar-refractivity contribution is -0.138. The molecule has 9 heteroatoms. The molecule has 1 fully saturated rings. The largest absolute Gasteiger partial charge is 0.496 e. The van der Waals surface area contributed by atoms with E-state index in [1.807, 2.05) is 0 Å². The third kappa shape index (κ3) is 3.48. The minimum Gasteiger partial charge on any atom is -0.496 e. The topological polar surface area (TPSA) is 58.2 Å². The third-order valence-corrected chi connectivity index (χ3v) is 6.69. The van der Waals surface area contributed by atoms with Crippen LogP contribution in [0.15, 0.2) is 29.3 Å². The van der Waals surface area contributed by atoms with Gasteiger partial charge in [0.15, 0.2) is 0 Å². The quantitative estimate of drug-likeness (QED) is 0.648. The van der Waals surface area contributed by atoms with Crippen molar-refractivity contribution in [3.05, 3.63) is 40.4 Å². The molecule has 1 saturated heterocycles. The Morgan fingerprint density at radius 2 is 2.17 bits per heavy atom. The van der Waals surface area contributed by atoms with Gasteiger partial charge in [-0.3, -0.25) is 4.79 Å². The van der Waals surface area contributed by atoms with E-state index < -0.39 is 11.7 Å². The van der Waals surface area contributed by atoms with Crippen LogP contribution < -0.4 is 15.2 Å². The average molecular weight is 423 g/mol. The molecule has 1 aliphatic rings. The van der Waals surface area contributed by atoms with E-state index in [0.29, 0.717) is 27.3 Å². The number of methoxy groups -OCH3 is 1. The Bertz CT molecular complexity index is 1110. The normalized spacial score (nSPS) is 17.3. The Balaban J connectivity index is 1.90. The molecule has 1 atom stereocenters. The van der Waals surface area contributed by atoms with Crippen molar-refractivity contribution in [1.82, 2.24) is 9.97 Å². The number of ether oxygens (including phenoxy) is 1. The number of rotatable bonds is 4. The highest BCUT2D eigenvalue weighted by molar-refractivity contribution is 7.21. The smallest absolute Gasteiger partial charge is 0.419 e. The van der Waals surface area contributed by atoms with E-state index in [-0.39, 0.29) is 11.3 Å². The van der Waals surface area contributed by atoms with E-state index >= 15 is 0 Å². The summed E-state index contributed by atoms with van der Waals surface area (Å²) in [5.74, 6) is 0.308. The van der Waals surface area contributed by atoms with E-state index in [2.05, 4.69) is 21.8 Å². The second-order valence-electron chi connectivity index (χ2n) is 7.11. The van der Waals surface area contributed by atoms with Gasteiger partial charge < -0.3 is 14.6 Å². The van der Waals surface area contributed by atoms with Crippen LogP contribution in [0, 0.1) is 5.92 Å². The first kappa shape index (κ1) is 19.8. The van der Waals surface area contributed by atoms with Gasteiger partial charge in [-0.15, -0.1) is 11.3 Å². The number of H-pyrrole nitrogens is 1. The van der Waals surface area contributed by atoms with E-state index in [1.165, 1.54) is 30.8 Å². The molecule has 0 saturated carbocycles. The van der Waals surface area contributed by atoms with Crippen LogP contribution in [-0.4, -0.2) is 30.2 Å². The summed E-state index contributed by atoms with van der Waals surface area (Å²) in [6, 6.07) is 3.94. The summed E-state index contributed by atoms with van der Waals surface area (Å²) in [5.41, 5.74) is -0.342. The number of halogens is 3. The summed E-state index contributed by atoms with van der Waals surface area (Å²) in [4.78, 5) is 22.2. The first-order valence-electron chi connectivity index (χ1n) is 9.34. The maximum atomic E-state index is 13.5. The van der Waals surface area contributed by atoms with Crippen molar-refractivity contribution in [1.29, 1.82) is 0 Å².